The van der Waals surface area contributed by atoms with Gasteiger partial charge < -0.3 is 1.43 Å². The first kappa shape index (κ1) is 8.24. The third kappa shape index (κ3) is 2.33. The molecule has 3 heteroatoms. The Morgan fingerprint density at radius 2 is 2.33 bits per heavy atom. The normalized spacial score (nSPS) is 7.00. The molecule has 0 aromatic carbocycles. The van der Waals surface area contributed by atoms with Crippen molar-refractivity contribution in [2.24, 2.45) is 0 Å². The molecule has 1 heterocycles. The fourth-order valence-corrected chi connectivity index (χ4v) is 0.429. The SMILES string of the molecule is N#Cc1ccccn1.[H-].[Li+]. The molecule has 0 radical (unpaired) electrons. The first-order valence-corrected chi connectivity index (χ1v) is 2.24. The van der Waals surface area contributed by atoms with Gasteiger partial charge in [-0.1, -0.05) is 6.07 Å². The van der Waals surface area contributed by atoms with Crippen LogP contribution in [0.25, 0.3) is 0 Å². The molecule has 1 rings (SSSR count). The Balaban J connectivity index is 0. The first-order chi connectivity index (χ1) is 3.93. The summed E-state index contributed by atoms with van der Waals surface area (Å²) in [6, 6.07) is 7.14. The van der Waals surface area contributed by atoms with Crippen LogP contribution < -0.4 is 18.9 Å². The minimum absolute atomic E-state index is 0. The summed E-state index contributed by atoms with van der Waals surface area (Å²) in [4.78, 5) is 3.74. The summed E-state index contributed by atoms with van der Waals surface area (Å²) in [5.74, 6) is 0. The Morgan fingerprint density at radius 3 is 2.67 bits per heavy atom. The van der Waals surface area contributed by atoms with Gasteiger partial charge in [0.1, 0.15) is 11.8 Å². The van der Waals surface area contributed by atoms with Gasteiger partial charge in [0, 0.05) is 6.20 Å². The summed E-state index contributed by atoms with van der Waals surface area (Å²) in [6.07, 6.45) is 1.60. The van der Waals surface area contributed by atoms with Crippen LogP contribution in [0.5, 0.6) is 0 Å². The van der Waals surface area contributed by atoms with Gasteiger partial charge in [-0.3, -0.25) is 0 Å². The van der Waals surface area contributed by atoms with E-state index in [1.807, 2.05) is 6.07 Å². The quantitative estimate of drug-likeness (QED) is 0.366. The molecule has 9 heavy (non-hydrogen) atoms. The number of pyridine rings is 1. The number of hydrogen-bond acceptors (Lipinski definition) is 2. The zero-order chi connectivity index (χ0) is 5.82. The summed E-state index contributed by atoms with van der Waals surface area (Å²) < 4.78 is 0. The predicted molar refractivity (Wildman–Crippen MR) is 30.1 cm³/mol. The summed E-state index contributed by atoms with van der Waals surface area (Å²) in [7, 11) is 0. The molecule has 0 saturated carbocycles. The fourth-order valence-electron chi connectivity index (χ4n) is 0.429. The van der Waals surface area contributed by atoms with Gasteiger partial charge in [0.15, 0.2) is 0 Å². The molecule has 0 aliphatic carbocycles. The molecule has 0 N–H and O–H groups in total. The monoisotopic (exact) mass is 112 g/mol. The predicted octanol–water partition coefficient (Wildman–Crippen LogP) is -1.93. The van der Waals surface area contributed by atoms with Crippen LogP contribution in [0.15, 0.2) is 24.4 Å². The van der Waals surface area contributed by atoms with Crippen molar-refractivity contribution in [1.82, 2.24) is 4.98 Å². The molecule has 1 aromatic rings. The topological polar surface area (TPSA) is 36.7 Å². The molecule has 0 amide bonds. The van der Waals surface area contributed by atoms with Crippen molar-refractivity contribution in [3.05, 3.63) is 30.1 Å². The van der Waals surface area contributed by atoms with Crippen molar-refractivity contribution in [2.45, 2.75) is 0 Å². The van der Waals surface area contributed by atoms with E-state index < -0.39 is 0 Å². The van der Waals surface area contributed by atoms with E-state index in [-0.39, 0.29) is 20.3 Å². The van der Waals surface area contributed by atoms with E-state index in [2.05, 4.69) is 4.98 Å². The van der Waals surface area contributed by atoms with Crippen LogP contribution in [0.1, 0.15) is 7.12 Å². The van der Waals surface area contributed by atoms with Crippen LogP contribution >= 0.6 is 0 Å². The van der Waals surface area contributed by atoms with Crippen molar-refractivity contribution >= 4 is 0 Å². The Morgan fingerprint density at radius 1 is 1.56 bits per heavy atom. The van der Waals surface area contributed by atoms with Crippen molar-refractivity contribution in [2.75, 3.05) is 0 Å². The number of rotatable bonds is 0. The van der Waals surface area contributed by atoms with E-state index in [1.54, 1.807) is 24.4 Å². The maximum atomic E-state index is 8.23. The minimum Gasteiger partial charge on any atom is -1.00 e. The van der Waals surface area contributed by atoms with Gasteiger partial charge in [-0.15, -0.1) is 0 Å². The van der Waals surface area contributed by atoms with Gasteiger partial charge in [0.05, 0.1) is 0 Å². The molecule has 0 atom stereocenters. The average Bonchev–Trinajstić information content (AvgIpc) is 1.90. The molecular formula is C6H5LiN2. The van der Waals surface area contributed by atoms with Gasteiger partial charge in [0.2, 0.25) is 0 Å². The molecule has 0 aliphatic rings. The van der Waals surface area contributed by atoms with Crippen LogP contribution in [0.3, 0.4) is 0 Å². The van der Waals surface area contributed by atoms with Crippen molar-refractivity contribution in [3.63, 3.8) is 0 Å². The van der Waals surface area contributed by atoms with Crippen LogP contribution in [0, 0.1) is 11.3 Å². The van der Waals surface area contributed by atoms with E-state index in [4.69, 9.17) is 5.26 Å². The maximum Gasteiger partial charge on any atom is 1.00 e. The van der Waals surface area contributed by atoms with Gasteiger partial charge in [0.25, 0.3) is 0 Å². The minimum atomic E-state index is 0. The smallest absolute Gasteiger partial charge is 1.00 e. The van der Waals surface area contributed by atoms with E-state index >= 15 is 0 Å². The Bertz CT molecular complexity index is 207. The second-order valence-electron chi connectivity index (χ2n) is 1.33. The molecule has 2 nitrogen and oxygen atoms in total. The summed E-state index contributed by atoms with van der Waals surface area (Å²) in [5, 5.41) is 8.23. The third-order valence-electron chi connectivity index (χ3n) is 0.779. The van der Waals surface area contributed by atoms with E-state index in [9.17, 15) is 0 Å². The van der Waals surface area contributed by atoms with Crippen molar-refractivity contribution in [3.8, 4) is 6.07 Å². The zero-order valence-corrected chi connectivity index (χ0v) is 5.20. The van der Waals surface area contributed by atoms with E-state index in [0.717, 1.165) is 0 Å². The largest absolute Gasteiger partial charge is 1.00 e. The van der Waals surface area contributed by atoms with Crippen molar-refractivity contribution < 1.29 is 20.3 Å². The van der Waals surface area contributed by atoms with Crippen LogP contribution in [0.4, 0.5) is 0 Å². The summed E-state index contributed by atoms with van der Waals surface area (Å²) in [5.41, 5.74) is 0.465. The average molecular weight is 112 g/mol. The van der Waals surface area contributed by atoms with E-state index in [1.165, 1.54) is 0 Å². The van der Waals surface area contributed by atoms with Crippen LogP contribution in [-0.2, 0) is 0 Å². The molecule has 40 valence electrons. The maximum absolute atomic E-state index is 8.23. The molecule has 0 fully saturated rings. The molecule has 0 aliphatic heterocycles. The molecule has 0 spiro atoms. The van der Waals surface area contributed by atoms with Gasteiger partial charge in [-0.2, -0.15) is 5.26 Å². The number of nitriles is 1. The van der Waals surface area contributed by atoms with Gasteiger partial charge >= 0.3 is 18.9 Å². The van der Waals surface area contributed by atoms with Crippen LogP contribution in [-0.4, -0.2) is 4.98 Å². The fraction of sp³-hybridized carbons (Fsp3) is 0. The first-order valence-electron chi connectivity index (χ1n) is 2.24. The molecular weight excluding hydrogens is 107 g/mol. The van der Waals surface area contributed by atoms with Crippen molar-refractivity contribution in [1.29, 1.82) is 5.26 Å². The Hall–Kier alpha value is -0.763. The number of aromatic nitrogens is 1. The van der Waals surface area contributed by atoms with Gasteiger partial charge in [-0.25, -0.2) is 4.98 Å². The number of nitrogens with zero attached hydrogens (tertiary/aromatic N) is 2. The summed E-state index contributed by atoms with van der Waals surface area (Å²) >= 11 is 0. The number of hydrogen-bond donors (Lipinski definition) is 0. The third-order valence-corrected chi connectivity index (χ3v) is 0.779. The molecule has 0 unspecified atom stereocenters. The molecule has 0 saturated heterocycles. The second kappa shape index (κ2) is 4.15. The zero-order valence-electron chi connectivity index (χ0n) is 6.20. The summed E-state index contributed by atoms with van der Waals surface area (Å²) in [6.45, 7) is 0. The standard InChI is InChI=1S/C6H4N2.Li.H/c7-5-6-3-1-2-4-8-6;;/h1-4H;;/q;+1;-1. The van der Waals surface area contributed by atoms with E-state index in [0.29, 0.717) is 5.69 Å². The second-order valence-corrected chi connectivity index (χ2v) is 1.33. The Kier molecular flexibility index (Phi) is 3.80. The Labute approximate surface area is 67.2 Å². The van der Waals surface area contributed by atoms with Gasteiger partial charge in [-0.05, 0) is 12.1 Å². The molecule has 1 aromatic heterocycles. The van der Waals surface area contributed by atoms with Crippen LogP contribution in [0.2, 0.25) is 0 Å². The molecule has 0 bridgehead atoms.